The van der Waals surface area contributed by atoms with E-state index in [0.29, 0.717) is 22.6 Å². The van der Waals surface area contributed by atoms with Crippen molar-refractivity contribution in [3.63, 3.8) is 0 Å². The zero-order chi connectivity index (χ0) is 18.5. The molecular weight excluding hydrogens is 336 g/mol. The van der Waals surface area contributed by atoms with E-state index >= 15 is 0 Å². The predicted molar refractivity (Wildman–Crippen MR) is 91.5 cm³/mol. The third-order valence-electron chi connectivity index (χ3n) is 3.39. The first-order chi connectivity index (χ1) is 12.6. The molecule has 128 valence electrons. The quantitative estimate of drug-likeness (QED) is 0.727. The highest BCUT2D eigenvalue weighted by atomic mass is 16.5. The lowest BCUT2D eigenvalue weighted by atomic mass is 10.1. The number of aromatic amines is 1. The van der Waals surface area contributed by atoms with Gasteiger partial charge in [-0.3, -0.25) is 9.59 Å². The van der Waals surface area contributed by atoms with Gasteiger partial charge in [0.2, 0.25) is 0 Å². The fourth-order valence-corrected chi connectivity index (χ4v) is 2.16. The van der Waals surface area contributed by atoms with Gasteiger partial charge in [-0.2, -0.15) is 10.4 Å². The van der Waals surface area contributed by atoms with Crippen LogP contribution in [0.4, 0.5) is 5.82 Å². The molecule has 0 fully saturated rings. The van der Waals surface area contributed by atoms with Gasteiger partial charge in [-0.1, -0.05) is 0 Å². The second-order valence-corrected chi connectivity index (χ2v) is 5.11. The average Bonchev–Trinajstić information content (AvgIpc) is 2.69. The Balaban J connectivity index is 1.91. The Hall–Kier alpha value is -4.06. The van der Waals surface area contributed by atoms with Crippen LogP contribution in [0, 0.1) is 11.3 Å². The van der Waals surface area contributed by atoms with E-state index in [9.17, 15) is 9.59 Å². The van der Waals surface area contributed by atoms with Crippen molar-refractivity contribution >= 4 is 11.7 Å². The number of nitrogens with zero attached hydrogens (tertiary/aromatic N) is 4. The second kappa shape index (κ2) is 7.23. The Morgan fingerprint density at radius 1 is 1.23 bits per heavy atom. The number of benzene rings is 1. The van der Waals surface area contributed by atoms with E-state index in [-0.39, 0.29) is 17.1 Å². The van der Waals surface area contributed by atoms with Crippen molar-refractivity contribution in [2.75, 3.05) is 12.4 Å². The molecule has 9 heteroatoms. The lowest BCUT2D eigenvalue weighted by molar-refractivity contribution is 0.102. The van der Waals surface area contributed by atoms with E-state index in [1.807, 2.05) is 6.07 Å². The number of H-pyrrole nitrogens is 1. The highest BCUT2D eigenvalue weighted by Crippen LogP contribution is 2.24. The SMILES string of the molecule is COc1cc(C#N)cc(-c2cc(C(=O)Nc3ccc(=O)[nH]n3)ncn2)c1. The maximum atomic E-state index is 12.3. The predicted octanol–water partition coefficient (Wildman–Crippen LogP) is 1.36. The molecule has 3 rings (SSSR count). The van der Waals surface area contributed by atoms with Crippen LogP contribution >= 0.6 is 0 Å². The minimum atomic E-state index is -0.517. The second-order valence-electron chi connectivity index (χ2n) is 5.11. The van der Waals surface area contributed by atoms with Crippen LogP contribution in [0.25, 0.3) is 11.3 Å². The number of hydrogen-bond acceptors (Lipinski definition) is 7. The molecule has 0 saturated heterocycles. The molecule has 3 aromatic rings. The number of rotatable bonds is 4. The molecule has 0 spiro atoms. The monoisotopic (exact) mass is 348 g/mol. The molecule has 26 heavy (non-hydrogen) atoms. The van der Waals surface area contributed by atoms with Crippen LogP contribution in [-0.2, 0) is 0 Å². The highest BCUT2D eigenvalue weighted by Gasteiger charge is 2.12. The fourth-order valence-electron chi connectivity index (χ4n) is 2.16. The van der Waals surface area contributed by atoms with Crippen molar-refractivity contribution in [3.8, 4) is 23.1 Å². The van der Waals surface area contributed by atoms with Gasteiger partial charge < -0.3 is 10.1 Å². The van der Waals surface area contributed by atoms with E-state index in [4.69, 9.17) is 10.00 Å². The molecule has 2 N–H and O–H groups in total. The lowest BCUT2D eigenvalue weighted by Crippen LogP contribution is -2.17. The molecule has 1 aromatic carbocycles. The number of amides is 1. The van der Waals surface area contributed by atoms with E-state index in [0.717, 1.165) is 0 Å². The summed E-state index contributed by atoms with van der Waals surface area (Å²) in [5.74, 6) is 0.167. The molecular formula is C17H12N6O3. The van der Waals surface area contributed by atoms with Gasteiger partial charge in [-0.25, -0.2) is 15.1 Å². The first kappa shape index (κ1) is 16.8. The van der Waals surface area contributed by atoms with Crippen molar-refractivity contribution in [2.45, 2.75) is 0 Å². The number of nitriles is 1. The molecule has 1 amide bonds. The lowest BCUT2D eigenvalue weighted by Gasteiger charge is -2.07. The van der Waals surface area contributed by atoms with Gasteiger partial charge in [0, 0.05) is 11.6 Å². The van der Waals surface area contributed by atoms with E-state index in [2.05, 4.69) is 25.5 Å². The summed E-state index contributed by atoms with van der Waals surface area (Å²) in [7, 11) is 1.50. The molecule has 0 radical (unpaired) electrons. The van der Waals surface area contributed by atoms with Crippen LogP contribution < -0.4 is 15.6 Å². The number of hydrogen-bond donors (Lipinski definition) is 2. The maximum absolute atomic E-state index is 12.3. The summed E-state index contributed by atoms with van der Waals surface area (Å²) in [5, 5.41) is 17.6. The zero-order valence-corrected chi connectivity index (χ0v) is 13.6. The maximum Gasteiger partial charge on any atom is 0.275 e. The molecule has 2 heterocycles. The van der Waals surface area contributed by atoms with Gasteiger partial charge in [0.25, 0.3) is 11.5 Å². The van der Waals surface area contributed by atoms with Gasteiger partial charge in [0.05, 0.1) is 24.4 Å². The smallest absolute Gasteiger partial charge is 0.275 e. The van der Waals surface area contributed by atoms with Crippen LogP contribution in [0.5, 0.6) is 5.75 Å². The van der Waals surface area contributed by atoms with Gasteiger partial charge in [0.15, 0.2) is 5.82 Å². The van der Waals surface area contributed by atoms with Crippen molar-refractivity contribution < 1.29 is 9.53 Å². The fraction of sp³-hybridized carbons (Fsp3) is 0.0588. The molecule has 0 aliphatic rings. The molecule has 0 unspecified atom stereocenters. The number of nitrogens with one attached hydrogen (secondary N) is 2. The summed E-state index contributed by atoms with van der Waals surface area (Å²) < 4.78 is 5.17. The van der Waals surface area contributed by atoms with Crippen LogP contribution in [0.1, 0.15) is 16.1 Å². The average molecular weight is 348 g/mol. The molecule has 0 atom stereocenters. The minimum Gasteiger partial charge on any atom is -0.497 e. The van der Waals surface area contributed by atoms with Crippen molar-refractivity contribution in [3.05, 3.63) is 64.3 Å². The van der Waals surface area contributed by atoms with Crippen molar-refractivity contribution in [1.82, 2.24) is 20.2 Å². The number of carbonyl (C=O) groups is 1. The molecule has 0 saturated carbocycles. The molecule has 0 bridgehead atoms. The summed E-state index contributed by atoms with van der Waals surface area (Å²) in [6, 6.07) is 11.1. The van der Waals surface area contributed by atoms with Crippen molar-refractivity contribution in [2.24, 2.45) is 0 Å². The number of carbonyl (C=O) groups excluding carboxylic acids is 1. The Morgan fingerprint density at radius 3 is 2.77 bits per heavy atom. The number of aromatic nitrogens is 4. The molecule has 0 aliphatic heterocycles. The van der Waals surface area contributed by atoms with Crippen LogP contribution in [0.3, 0.4) is 0 Å². The molecule has 9 nitrogen and oxygen atoms in total. The van der Waals surface area contributed by atoms with Crippen molar-refractivity contribution in [1.29, 1.82) is 5.26 Å². The normalized spacial score (nSPS) is 10.0. The Morgan fingerprint density at radius 2 is 2.08 bits per heavy atom. The molecule has 2 aromatic heterocycles. The summed E-state index contributed by atoms with van der Waals surface area (Å²) in [6.07, 6.45) is 1.25. The summed E-state index contributed by atoms with van der Waals surface area (Å²) >= 11 is 0. The van der Waals surface area contributed by atoms with Crippen LogP contribution in [0.2, 0.25) is 0 Å². The van der Waals surface area contributed by atoms with E-state index in [1.165, 1.54) is 31.6 Å². The topological polar surface area (TPSA) is 134 Å². The summed E-state index contributed by atoms with van der Waals surface area (Å²) in [4.78, 5) is 31.4. The largest absolute Gasteiger partial charge is 0.497 e. The van der Waals surface area contributed by atoms with Gasteiger partial charge in [0.1, 0.15) is 17.8 Å². The first-order valence-corrected chi connectivity index (χ1v) is 7.38. The third kappa shape index (κ3) is 3.70. The number of ether oxygens (including phenoxy) is 1. The van der Waals surface area contributed by atoms with E-state index in [1.54, 1.807) is 18.2 Å². The number of anilines is 1. The minimum absolute atomic E-state index is 0.101. The van der Waals surface area contributed by atoms with Gasteiger partial charge in [-0.05, 0) is 30.3 Å². The molecule has 0 aliphatic carbocycles. The highest BCUT2D eigenvalue weighted by molar-refractivity contribution is 6.02. The van der Waals surface area contributed by atoms with Crippen LogP contribution in [-0.4, -0.2) is 33.2 Å². The Labute approximate surface area is 147 Å². The van der Waals surface area contributed by atoms with Crippen LogP contribution in [0.15, 0.2) is 47.5 Å². The van der Waals surface area contributed by atoms with Gasteiger partial charge in [-0.15, -0.1) is 0 Å². The third-order valence-corrected chi connectivity index (χ3v) is 3.39. The number of methoxy groups -OCH3 is 1. The standard InChI is InChI=1S/C17H12N6O3/c1-26-12-5-10(8-18)4-11(6-12)13-7-14(20-9-19-13)17(25)21-15-2-3-16(24)23-22-15/h2-7,9H,1H3,(H,23,24)(H,21,22,25). The zero-order valence-electron chi connectivity index (χ0n) is 13.6. The summed E-state index contributed by atoms with van der Waals surface area (Å²) in [5.41, 5.74) is 1.19. The summed E-state index contributed by atoms with van der Waals surface area (Å²) in [6.45, 7) is 0. The Kier molecular flexibility index (Phi) is 4.67. The Bertz CT molecular complexity index is 1050. The van der Waals surface area contributed by atoms with E-state index < -0.39 is 5.91 Å². The first-order valence-electron chi connectivity index (χ1n) is 7.38. The van der Waals surface area contributed by atoms with Gasteiger partial charge >= 0.3 is 0 Å².